The molecule has 1 aromatic carbocycles. The van der Waals surface area contributed by atoms with Crippen LogP contribution in [0.5, 0.6) is 0 Å². The summed E-state index contributed by atoms with van der Waals surface area (Å²) in [4.78, 5) is 0.274. The fourth-order valence-electron chi connectivity index (χ4n) is 3.12. The number of halogens is 1. The molecule has 0 radical (unpaired) electrons. The van der Waals surface area contributed by atoms with E-state index in [2.05, 4.69) is 0 Å². The molecule has 2 atom stereocenters. The van der Waals surface area contributed by atoms with Crippen molar-refractivity contribution in [3.8, 4) is 0 Å². The first kappa shape index (κ1) is 15.3. The van der Waals surface area contributed by atoms with Crippen LogP contribution in [0.2, 0.25) is 0 Å². The standard InChI is InChI=1S/C15H20FNO2S2/c16-13-9-11(17)1-2-14(13)21(18)12-3-6-19-15(10-12)4-7-20-8-5-15/h1-2,9,12H,3-8,10,17H2. The summed E-state index contributed by atoms with van der Waals surface area (Å²) in [5.41, 5.74) is 5.79. The van der Waals surface area contributed by atoms with Gasteiger partial charge in [0.1, 0.15) is 5.82 Å². The van der Waals surface area contributed by atoms with Crippen LogP contribution in [-0.2, 0) is 15.5 Å². The Kier molecular flexibility index (Phi) is 4.57. The number of ether oxygens (including phenoxy) is 1. The zero-order chi connectivity index (χ0) is 14.9. The fraction of sp³-hybridized carbons (Fsp3) is 0.600. The van der Waals surface area contributed by atoms with Crippen molar-refractivity contribution in [2.75, 3.05) is 23.8 Å². The van der Waals surface area contributed by atoms with Gasteiger partial charge in [-0.25, -0.2) is 4.39 Å². The van der Waals surface area contributed by atoms with Crippen LogP contribution in [0.25, 0.3) is 0 Å². The topological polar surface area (TPSA) is 52.3 Å². The van der Waals surface area contributed by atoms with Gasteiger partial charge in [0.15, 0.2) is 0 Å². The van der Waals surface area contributed by atoms with Gasteiger partial charge in [-0.1, -0.05) is 0 Å². The Morgan fingerprint density at radius 2 is 2.14 bits per heavy atom. The summed E-state index contributed by atoms with van der Waals surface area (Å²) >= 11 is 1.94. The van der Waals surface area contributed by atoms with Crippen LogP contribution in [0.3, 0.4) is 0 Å². The minimum atomic E-state index is -1.33. The number of rotatable bonds is 2. The van der Waals surface area contributed by atoms with Gasteiger partial charge < -0.3 is 10.5 Å². The van der Waals surface area contributed by atoms with Crippen molar-refractivity contribution in [2.45, 2.75) is 41.4 Å². The van der Waals surface area contributed by atoms with Crippen molar-refractivity contribution >= 4 is 28.2 Å². The number of benzene rings is 1. The maximum Gasteiger partial charge on any atom is 0.141 e. The maximum absolute atomic E-state index is 14.0. The van der Waals surface area contributed by atoms with Crippen molar-refractivity contribution in [1.29, 1.82) is 0 Å². The van der Waals surface area contributed by atoms with Crippen molar-refractivity contribution in [3.05, 3.63) is 24.0 Å². The van der Waals surface area contributed by atoms with E-state index < -0.39 is 16.6 Å². The van der Waals surface area contributed by atoms with E-state index in [9.17, 15) is 8.60 Å². The molecule has 2 unspecified atom stereocenters. The zero-order valence-corrected chi connectivity index (χ0v) is 13.5. The third-order valence-electron chi connectivity index (χ3n) is 4.33. The highest BCUT2D eigenvalue weighted by Gasteiger charge is 2.41. The van der Waals surface area contributed by atoms with Gasteiger partial charge in [-0.15, -0.1) is 0 Å². The predicted molar refractivity (Wildman–Crippen MR) is 85.5 cm³/mol. The van der Waals surface area contributed by atoms with E-state index >= 15 is 0 Å². The molecule has 0 saturated carbocycles. The van der Waals surface area contributed by atoms with Crippen molar-refractivity contribution in [2.24, 2.45) is 0 Å². The highest BCUT2D eigenvalue weighted by atomic mass is 32.2. The Labute approximate surface area is 131 Å². The molecule has 2 fully saturated rings. The van der Waals surface area contributed by atoms with Gasteiger partial charge in [0.25, 0.3) is 0 Å². The van der Waals surface area contributed by atoms with Crippen LogP contribution >= 0.6 is 11.8 Å². The van der Waals surface area contributed by atoms with Crippen LogP contribution < -0.4 is 5.73 Å². The van der Waals surface area contributed by atoms with E-state index in [0.29, 0.717) is 12.3 Å². The zero-order valence-electron chi connectivity index (χ0n) is 11.8. The molecule has 2 saturated heterocycles. The third kappa shape index (κ3) is 3.27. The minimum absolute atomic E-state index is 0.0278. The normalized spacial score (nSPS) is 26.6. The predicted octanol–water partition coefficient (Wildman–Crippen LogP) is 2.96. The SMILES string of the molecule is Nc1ccc(S(=O)C2CCOC3(CCSCC3)C2)c(F)c1. The van der Waals surface area contributed by atoms with E-state index in [1.54, 1.807) is 12.1 Å². The van der Waals surface area contributed by atoms with Crippen molar-refractivity contribution < 1.29 is 13.3 Å². The summed E-state index contributed by atoms with van der Waals surface area (Å²) in [5, 5.41) is -0.0278. The van der Waals surface area contributed by atoms with Crippen LogP contribution in [0.15, 0.2) is 23.1 Å². The molecule has 2 N–H and O–H groups in total. The lowest BCUT2D eigenvalue weighted by atomic mass is 9.88. The molecule has 0 bridgehead atoms. The summed E-state index contributed by atoms with van der Waals surface area (Å²) in [6.45, 7) is 0.623. The van der Waals surface area contributed by atoms with E-state index in [0.717, 1.165) is 37.2 Å². The number of thioether (sulfide) groups is 1. The Hall–Kier alpha value is -0.590. The lowest BCUT2D eigenvalue weighted by Crippen LogP contribution is -2.45. The number of nitrogens with two attached hydrogens (primary N) is 1. The van der Waals surface area contributed by atoms with Crippen LogP contribution in [0.1, 0.15) is 25.7 Å². The first-order valence-corrected chi connectivity index (χ1v) is 9.64. The Morgan fingerprint density at radius 1 is 1.38 bits per heavy atom. The van der Waals surface area contributed by atoms with Gasteiger partial charge in [-0.2, -0.15) is 11.8 Å². The summed E-state index contributed by atoms with van der Waals surface area (Å²) in [5.74, 6) is 1.72. The van der Waals surface area contributed by atoms with E-state index in [4.69, 9.17) is 10.5 Å². The van der Waals surface area contributed by atoms with Gasteiger partial charge in [-0.3, -0.25) is 4.21 Å². The average molecular weight is 329 g/mol. The molecule has 1 spiro atoms. The number of hydrogen-bond donors (Lipinski definition) is 1. The molecule has 6 heteroatoms. The van der Waals surface area contributed by atoms with Crippen LogP contribution in [-0.4, -0.2) is 33.2 Å². The lowest BCUT2D eigenvalue weighted by molar-refractivity contribution is -0.0809. The molecule has 3 rings (SSSR count). The van der Waals surface area contributed by atoms with Crippen LogP contribution in [0.4, 0.5) is 10.1 Å². The Bertz CT molecular complexity index is 541. The number of hydrogen-bond acceptors (Lipinski definition) is 4. The molecule has 2 heterocycles. The molecule has 3 nitrogen and oxygen atoms in total. The largest absolute Gasteiger partial charge is 0.399 e. The first-order chi connectivity index (χ1) is 10.1. The molecule has 2 aliphatic rings. The first-order valence-electron chi connectivity index (χ1n) is 7.27. The Morgan fingerprint density at radius 3 is 2.86 bits per heavy atom. The summed E-state index contributed by atoms with van der Waals surface area (Å²) in [6.07, 6.45) is 3.51. The smallest absolute Gasteiger partial charge is 0.141 e. The minimum Gasteiger partial charge on any atom is -0.399 e. The van der Waals surface area contributed by atoms with Crippen molar-refractivity contribution in [1.82, 2.24) is 0 Å². The average Bonchev–Trinajstić information content (AvgIpc) is 2.47. The molecule has 0 amide bonds. The van der Waals surface area contributed by atoms with Gasteiger partial charge in [-0.05, 0) is 55.4 Å². The summed E-state index contributed by atoms with van der Waals surface area (Å²) in [6, 6.07) is 4.42. The molecular formula is C15H20FNO2S2. The molecular weight excluding hydrogens is 309 g/mol. The maximum atomic E-state index is 14.0. The highest BCUT2D eigenvalue weighted by molar-refractivity contribution is 7.99. The second kappa shape index (κ2) is 6.26. The molecule has 1 aromatic rings. The Balaban J connectivity index is 1.77. The molecule has 0 aromatic heterocycles. The highest BCUT2D eigenvalue weighted by Crippen LogP contribution is 2.39. The molecule has 2 aliphatic heterocycles. The van der Waals surface area contributed by atoms with Crippen molar-refractivity contribution in [3.63, 3.8) is 0 Å². The second-order valence-corrected chi connectivity index (χ2v) is 8.67. The summed E-state index contributed by atoms with van der Waals surface area (Å²) in [7, 11) is -1.33. The van der Waals surface area contributed by atoms with Gasteiger partial charge in [0, 0.05) is 17.5 Å². The second-order valence-electron chi connectivity index (χ2n) is 5.75. The lowest BCUT2D eigenvalue weighted by Gasteiger charge is -2.43. The third-order valence-corrected chi connectivity index (χ3v) is 7.09. The van der Waals surface area contributed by atoms with E-state index in [1.165, 1.54) is 6.07 Å². The summed E-state index contributed by atoms with van der Waals surface area (Å²) < 4.78 is 32.7. The number of nitrogen functional groups attached to an aromatic ring is 1. The van der Waals surface area contributed by atoms with Gasteiger partial charge in [0.05, 0.1) is 21.3 Å². The molecule has 116 valence electrons. The fourth-order valence-corrected chi connectivity index (χ4v) is 5.93. The van der Waals surface area contributed by atoms with Gasteiger partial charge in [0.2, 0.25) is 0 Å². The van der Waals surface area contributed by atoms with Gasteiger partial charge >= 0.3 is 0 Å². The molecule has 21 heavy (non-hydrogen) atoms. The van der Waals surface area contributed by atoms with E-state index in [1.807, 2.05) is 11.8 Å². The van der Waals surface area contributed by atoms with Crippen LogP contribution in [0, 0.1) is 5.82 Å². The number of anilines is 1. The quantitative estimate of drug-likeness (QED) is 0.848. The monoisotopic (exact) mass is 329 g/mol. The van der Waals surface area contributed by atoms with E-state index in [-0.39, 0.29) is 15.7 Å². The molecule has 0 aliphatic carbocycles.